The summed E-state index contributed by atoms with van der Waals surface area (Å²) in [6.45, 7) is 0. The number of sulfonamides is 1. The molecule has 19 heavy (non-hydrogen) atoms. The quantitative estimate of drug-likeness (QED) is 0.749. The zero-order valence-electron chi connectivity index (χ0n) is 9.16. The zero-order chi connectivity index (χ0) is 14.0. The Morgan fingerprint density at radius 2 is 2.16 bits per heavy atom. The highest BCUT2D eigenvalue weighted by Crippen LogP contribution is 2.20. The van der Waals surface area contributed by atoms with E-state index in [9.17, 15) is 17.6 Å². The highest BCUT2D eigenvalue weighted by Gasteiger charge is 2.21. The number of nitrogens with zero attached hydrogens (tertiary/aromatic N) is 2. The lowest BCUT2D eigenvalue weighted by atomic mass is 10.2. The molecule has 2 rings (SSSR count). The number of anilines is 1. The number of carbonyl (C=O) groups is 1. The van der Waals surface area contributed by atoms with Crippen molar-refractivity contribution < 1.29 is 22.7 Å². The van der Waals surface area contributed by atoms with E-state index in [-0.39, 0.29) is 5.56 Å². The van der Waals surface area contributed by atoms with Crippen molar-refractivity contribution in [2.24, 2.45) is 0 Å². The lowest BCUT2D eigenvalue weighted by Gasteiger charge is -2.08. The number of aromatic amines is 1. The van der Waals surface area contributed by atoms with Crippen LogP contribution in [-0.2, 0) is 10.0 Å². The van der Waals surface area contributed by atoms with Gasteiger partial charge in [0, 0.05) is 0 Å². The summed E-state index contributed by atoms with van der Waals surface area (Å²) >= 11 is 0. The first-order chi connectivity index (χ1) is 8.90. The average molecular weight is 286 g/mol. The number of nitrogens with one attached hydrogen (secondary N) is 2. The van der Waals surface area contributed by atoms with E-state index in [1.54, 1.807) is 0 Å². The number of rotatable bonds is 4. The fraction of sp³-hybridized carbons (Fsp3) is 0. The number of benzene rings is 1. The van der Waals surface area contributed by atoms with Crippen LogP contribution in [0.15, 0.2) is 29.7 Å². The minimum atomic E-state index is -4.15. The van der Waals surface area contributed by atoms with Crippen molar-refractivity contribution in [2.75, 3.05) is 4.72 Å². The molecule has 0 aliphatic heterocycles. The summed E-state index contributed by atoms with van der Waals surface area (Å²) in [7, 11) is -4.15. The third-order valence-electron chi connectivity index (χ3n) is 2.10. The second-order valence-corrected chi connectivity index (χ2v) is 4.99. The van der Waals surface area contributed by atoms with Crippen LogP contribution >= 0.6 is 0 Å². The minimum Gasteiger partial charge on any atom is -0.478 e. The van der Waals surface area contributed by atoms with Crippen LogP contribution in [-0.4, -0.2) is 34.7 Å². The van der Waals surface area contributed by atoms with Gasteiger partial charge in [0.2, 0.25) is 0 Å². The summed E-state index contributed by atoms with van der Waals surface area (Å²) < 4.78 is 38.6. The Morgan fingerprint density at radius 1 is 1.42 bits per heavy atom. The Bertz CT molecular complexity index is 714. The Kier molecular flexibility index (Phi) is 3.17. The fourth-order valence-corrected chi connectivity index (χ4v) is 2.22. The van der Waals surface area contributed by atoms with Gasteiger partial charge in [0.15, 0.2) is 0 Å². The van der Waals surface area contributed by atoms with E-state index in [4.69, 9.17) is 5.11 Å². The van der Waals surface area contributed by atoms with Gasteiger partial charge in [-0.25, -0.2) is 19.3 Å². The third kappa shape index (κ3) is 2.68. The molecule has 0 saturated heterocycles. The number of hydrogen-bond acceptors (Lipinski definition) is 5. The molecule has 0 bridgehead atoms. The maximum atomic E-state index is 13.1. The van der Waals surface area contributed by atoms with Crippen molar-refractivity contribution >= 4 is 21.7 Å². The molecule has 0 spiro atoms. The lowest BCUT2D eigenvalue weighted by Crippen LogP contribution is -2.17. The second-order valence-electron chi connectivity index (χ2n) is 3.39. The molecule has 2 aromatic rings. The normalized spacial score (nSPS) is 11.2. The molecule has 0 aliphatic rings. The molecule has 1 aromatic heterocycles. The Hall–Kier alpha value is -2.49. The van der Waals surface area contributed by atoms with Crippen LogP contribution in [0, 0.1) is 5.82 Å². The van der Waals surface area contributed by atoms with Crippen molar-refractivity contribution in [3.05, 3.63) is 35.9 Å². The largest absolute Gasteiger partial charge is 0.478 e. The number of halogens is 1. The summed E-state index contributed by atoms with van der Waals surface area (Å²) in [5.41, 5.74) is -0.784. The van der Waals surface area contributed by atoms with Crippen LogP contribution in [0.3, 0.4) is 0 Å². The molecule has 0 amide bonds. The molecule has 100 valence electrons. The monoisotopic (exact) mass is 286 g/mol. The Morgan fingerprint density at radius 3 is 2.74 bits per heavy atom. The first-order valence-electron chi connectivity index (χ1n) is 4.81. The van der Waals surface area contributed by atoms with Gasteiger partial charge in [-0.05, 0) is 18.2 Å². The number of carboxylic acids is 1. The summed E-state index contributed by atoms with van der Waals surface area (Å²) in [4.78, 5) is 14.3. The van der Waals surface area contributed by atoms with Crippen LogP contribution in [0.5, 0.6) is 0 Å². The van der Waals surface area contributed by atoms with Crippen LogP contribution < -0.4 is 4.72 Å². The van der Waals surface area contributed by atoms with Gasteiger partial charge in [0.05, 0.1) is 11.3 Å². The van der Waals surface area contributed by atoms with E-state index < -0.39 is 32.7 Å². The summed E-state index contributed by atoms with van der Waals surface area (Å²) in [6.07, 6.45) is 0.970. The molecule has 0 fully saturated rings. The van der Waals surface area contributed by atoms with E-state index in [0.29, 0.717) is 0 Å². The van der Waals surface area contributed by atoms with Crippen molar-refractivity contribution in [2.45, 2.75) is 5.16 Å². The van der Waals surface area contributed by atoms with E-state index in [1.165, 1.54) is 0 Å². The first-order valence-corrected chi connectivity index (χ1v) is 6.29. The highest BCUT2D eigenvalue weighted by molar-refractivity contribution is 7.92. The molecule has 8 nitrogen and oxygen atoms in total. The third-order valence-corrected chi connectivity index (χ3v) is 3.30. The minimum absolute atomic E-state index is 0.385. The van der Waals surface area contributed by atoms with Crippen molar-refractivity contribution in [3.8, 4) is 0 Å². The standard InChI is InChI=1S/C9H7FN4O4S/c10-5-1-2-6(8(15)16)7(3-5)14-19(17,18)9-11-4-12-13-9/h1-4,14H,(H,15,16)(H,11,12,13). The summed E-state index contributed by atoms with van der Waals surface area (Å²) in [5.74, 6) is -2.17. The summed E-state index contributed by atoms with van der Waals surface area (Å²) in [6, 6.07) is 2.63. The van der Waals surface area contributed by atoms with Crippen molar-refractivity contribution in [1.82, 2.24) is 15.2 Å². The first kappa shape index (κ1) is 13.0. The number of aromatic nitrogens is 3. The zero-order valence-corrected chi connectivity index (χ0v) is 9.98. The molecule has 10 heteroatoms. The highest BCUT2D eigenvalue weighted by atomic mass is 32.2. The average Bonchev–Trinajstić information content (AvgIpc) is 2.81. The van der Waals surface area contributed by atoms with Crippen LogP contribution in [0.4, 0.5) is 10.1 Å². The summed E-state index contributed by atoms with van der Waals surface area (Å²) in [5, 5.41) is 13.9. The van der Waals surface area contributed by atoms with Crippen molar-refractivity contribution in [1.29, 1.82) is 0 Å². The molecular formula is C9H7FN4O4S. The van der Waals surface area contributed by atoms with Gasteiger partial charge in [0.1, 0.15) is 12.1 Å². The molecule has 3 N–H and O–H groups in total. The molecule has 0 unspecified atom stereocenters. The lowest BCUT2D eigenvalue weighted by molar-refractivity contribution is 0.0698. The van der Waals surface area contributed by atoms with Crippen LogP contribution in [0.2, 0.25) is 0 Å². The molecule has 0 aliphatic carbocycles. The van der Waals surface area contributed by atoms with Gasteiger partial charge >= 0.3 is 5.97 Å². The maximum absolute atomic E-state index is 13.1. The van der Waals surface area contributed by atoms with E-state index >= 15 is 0 Å². The van der Waals surface area contributed by atoms with E-state index in [1.807, 2.05) is 4.72 Å². The Balaban J connectivity index is 2.44. The van der Waals surface area contributed by atoms with Gasteiger partial charge in [-0.15, -0.1) is 0 Å². The maximum Gasteiger partial charge on any atom is 0.337 e. The van der Waals surface area contributed by atoms with Gasteiger partial charge < -0.3 is 5.11 Å². The number of hydrogen-bond donors (Lipinski definition) is 3. The predicted octanol–water partition coefficient (Wildman–Crippen LogP) is 0.443. The molecule has 0 radical (unpaired) electrons. The van der Waals surface area contributed by atoms with Crippen LogP contribution in [0.1, 0.15) is 10.4 Å². The SMILES string of the molecule is O=C(O)c1ccc(F)cc1NS(=O)(=O)c1ncn[nH]1. The fourth-order valence-electron chi connectivity index (χ4n) is 1.30. The van der Waals surface area contributed by atoms with Gasteiger partial charge in [-0.3, -0.25) is 4.72 Å². The van der Waals surface area contributed by atoms with Crippen LogP contribution in [0.25, 0.3) is 0 Å². The van der Waals surface area contributed by atoms with Crippen molar-refractivity contribution in [3.63, 3.8) is 0 Å². The molecule has 0 saturated carbocycles. The smallest absolute Gasteiger partial charge is 0.337 e. The van der Waals surface area contributed by atoms with E-state index in [2.05, 4.69) is 15.2 Å². The van der Waals surface area contributed by atoms with E-state index in [0.717, 1.165) is 24.5 Å². The topological polar surface area (TPSA) is 125 Å². The number of carboxylic acid groups (broad SMARTS) is 1. The van der Waals surface area contributed by atoms with Gasteiger partial charge in [-0.1, -0.05) is 0 Å². The number of H-pyrrole nitrogens is 1. The Labute approximate surface area is 106 Å². The molecule has 1 aromatic carbocycles. The second kappa shape index (κ2) is 4.65. The molecule has 1 heterocycles. The molecular weight excluding hydrogens is 279 g/mol. The predicted molar refractivity (Wildman–Crippen MR) is 60.6 cm³/mol. The molecule has 0 atom stereocenters. The number of aromatic carboxylic acids is 1. The van der Waals surface area contributed by atoms with Gasteiger partial charge in [0.25, 0.3) is 15.2 Å². The van der Waals surface area contributed by atoms with Gasteiger partial charge in [-0.2, -0.15) is 13.5 Å².